The normalized spacial score (nSPS) is 12.3. The molecule has 6 rings (SSSR count). The van der Waals surface area contributed by atoms with Crippen LogP contribution in [0, 0.1) is 12.1 Å². The molecule has 1 radical (unpaired) electrons. The summed E-state index contributed by atoms with van der Waals surface area (Å²) in [5.41, 5.74) is 10.3. The number of rotatable bonds is 6. The van der Waals surface area contributed by atoms with Gasteiger partial charge in [0.2, 0.25) is 0 Å². The molecular weight excluding hydrogens is 774 g/mol. The molecule has 0 N–H and O–H groups in total. The van der Waals surface area contributed by atoms with Gasteiger partial charge in [0, 0.05) is 44.2 Å². The molecule has 1 unspecified atom stereocenters. The summed E-state index contributed by atoms with van der Waals surface area (Å²) < 4.78 is 13.7. The van der Waals surface area contributed by atoms with Crippen molar-refractivity contribution in [3.63, 3.8) is 0 Å². The van der Waals surface area contributed by atoms with Crippen molar-refractivity contribution >= 4 is 18.4 Å². The van der Waals surface area contributed by atoms with Gasteiger partial charge in [-0.3, -0.25) is 4.98 Å². The summed E-state index contributed by atoms with van der Waals surface area (Å²) in [6.07, 6.45) is 0. The third-order valence-electron chi connectivity index (χ3n) is 8.43. The molecule has 0 amide bonds. The standard InChI is InChI=1S/C43H40NOP.Au/c1-42(2,3)35-23-19-30(20-24-35)32-27-33(31-21-25-36(26-22-31)43(4,5)6)29-34(28-32)39-16-12-17-40(44-39)38-15-10-11-18-41(38)46(45)37-13-8-7-9-14-37;/h7-21,23-28,46H,1-6H3;/q-2;. The second-order valence-corrected chi connectivity index (χ2v) is 15.7. The Balaban J connectivity index is 0.00000433. The fourth-order valence-corrected chi connectivity index (χ4v) is 7.14. The summed E-state index contributed by atoms with van der Waals surface area (Å²) >= 11 is 0. The zero-order chi connectivity index (χ0) is 32.5. The molecule has 5 aromatic carbocycles. The van der Waals surface area contributed by atoms with E-state index >= 15 is 0 Å². The quantitative estimate of drug-likeness (QED) is 0.0953. The number of hydrogen-bond donors (Lipinski definition) is 0. The van der Waals surface area contributed by atoms with Crippen LogP contribution in [0.3, 0.4) is 0 Å². The minimum absolute atomic E-state index is 0. The smallest absolute Gasteiger partial charge is 0.132 e. The molecule has 0 saturated carbocycles. The fourth-order valence-electron chi connectivity index (χ4n) is 5.63. The predicted molar refractivity (Wildman–Crippen MR) is 196 cm³/mol. The molecule has 0 aliphatic rings. The first-order chi connectivity index (χ1) is 22.0. The van der Waals surface area contributed by atoms with E-state index in [9.17, 15) is 4.57 Å². The van der Waals surface area contributed by atoms with E-state index in [1.807, 2.05) is 72.8 Å². The maximum Gasteiger partial charge on any atom is 0.132 e. The van der Waals surface area contributed by atoms with Gasteiger partial charge in [-0.05, 0) is 28.0 Å². The third-order valence-corrected chi connectivity index (χ3v) is 10.2. The van der Waals surface area contributed by atoms with Crippen LogP contribution < -0.4 is 10.6 Å². The molecule has 0 spiro atoms. The van der Waals surface area contributed by atoms with E-state index < -0.39 is 7.80 Å². The summed E-state index contributed by atoms with van der Waals surface area (Å²) in [4.78, 5) is 5.15. The molecule has 0 aliphatic heterocycles. The van der Waals surface area contributed by atoms with Crippen molar-refractivity contribution in [1.82, 2.24) is 4.98 Å². The van der Waals surface area contributed by atoms with Gasteiger partial charge in [-0.25, -0.2) is 5.56 Å². The summed E-state index contributed by atoms with van der Waals surface area (Å²) in [5.74, 6) is 0. The van der Waals surface area contributed by atoms with Crippen molar-refractivity contribution < 1.29 is 26.9 Å². The molecule has 6 aromatic rings. The monoisotopic (exact) mass is 814 g/mol. The second-order valence-electron chi connectivity index (χ2n) is 13.9. The Morgan fingerprint density at radius 2 is 1.19 bits per heavy atom. The molecule has 2 nitrogen and oxygen atoms in total. The van der Waals surface area contributed by atoms with E-state index in [1.165, 1.54) is 11.1 Å². The van der Waals surface area contributed by atoms with Crippen LogP contribution in [0.25, 0.3) is 44.8 Å². The van der Waals surface area contributed by atoms with Gasteiger partial charge in [0.15, 0.2) is 0 Å². The van der Waals surface area contributed by atoms with Gasteiger partial charge in [-0.15, -0.1) is 23.3 Å². The van der Waals surface area contributed by atoms with Crippen molar-refractivity contribution in [3.05, 3.63) is 151 Å². The van der Waals surface area contributed by atoms with Gasteiger partial charge >= 0.3 is 0 Å². The molecule has 4 heteroatoms. The molecule has 47 heavy (non-hydrogen) atoms. The van der Waals surface area contributed by atoms with Crippen molar-refractivity contribution in [1.29, 1.82) is 0 Å². The zero-order valence-electron chi connectivity index (χ0n) is 27.8. The van der Waals surface area contributed by atoms with E-state index in [0.717, 1.165) is 55.4 Å². The first-order valence-electron chi connectivity index (χ1n) is 15.8. The number of hydrogen-bond acceptors (Lipinski definition) is 2. The predicted octanol–water partition coefficient (Wildman–Crippen LogP) is 10.5. The van der Waals surface area contributed by atoms with E-state index in [2.05, 4.69) is 108 Å². The molecule has 1 heterocycles. The van der Waals surface area contributed by atoms with Crippen LogP contribution in [0.2, 0.25) is 0 Å². The van der Waals surface area contributed by atoms with E-state index in [-0.39, 0.29) is 33.2 Å². The maximum absolute atomic E-state index is 13.7. The van der Waals surface area contributed by atoms with Crippen molar-refractivity contribution in [2.45, 2.75) is 52.4 Å². The Labute approximate surface area is 296 Å². The second kappa shape index (κ2) is 14.1. The average molecular weight is 815 g/mol. The third kappa shape index (κ3) is 7.86. The Kier molecular flexibility index (Phi) is 10.4. The molecule has 0 saturated heterocycles. The van der Waals surface area contributed by atoms with Gasteiger partial charge in [0.1, 0.15) is 7.80 Å². The van der Waals surface area contributed by atoms with E-state index in [1.54, 1.807) is 0 Å². The zero-order valence-corrected chi connectivity index (χ0v) is 30.9. The Morgan fingerprint density at radius 1 is 0.574 bits per heavy atom. The van der Waals surface area contributed by atoms with E-state index in [0.29, 0.717) is 0 Å². The maximum atomic E-state index is 13.7. The van der Waals surface area contributed by atoms with Gasteiger partial charge in [-0.2, -0.15) is 35.9 Å². The van der Waals surface area contributed by atoms with Crippen molar-refractivity contribution in [2.24, 2.45) is 0 Å². The topological polar surface area (TPSA) is 30.0 Å². The van der Waals surface area contributed by atoms with Gasteiger partial charge in [0.25, 0.3) is 0 Å². The Bertz CT molecular complexity index is 1930. The van der Waals surface area contributed by atoms with Crippen LogP contribution in [0.15, 0.2) is 127 Å². The number of pyridine rings is 1. The summed E-state index contributed by atoms with van der Waals surface area (Å²) in [7, 11) is -2.21. The number of nitrogens with zero attached hydrogens (tertiary/aromatic N) is 1. The molecule has 1 atom stereocenters. The van der Waals surface area contributed by atoms with Crippen LogP contribution in [0.5, 0.6) is 0 Å². The minimum Gasteiger partial charge on any atom is -0.317 e. The summed E-state index contributed by atoms with van der Waals surface area (Å²) in [6.45, 7) is 13.4. The van der Waals surface area contributed by atoms with Crippen LogP contribution >= 0.6 is 7.80 Å². The van der Waals surface area contributed by atoms with Crippen molar-refractivity contribution in [2.75, 3.05) is 0 Å². The molecule has 0 aliphatic carbocycles. The average Bonchev–Trinajstić information content (AvgIpc) is 3.07. The van der Waals surface area contributed by atoms with Gasteiger partial charge < -0.3 is 4.57 Å². The first-order valence-corrected chi connectivity index (χ1v) is 17.3. The van der Waals surface area contributed by atoms with Crippen LogP contribution in [-0.2, 0) is 37.8 Å². The SMILES string of the molecule is CC(C)(C)c1c[c-]c(-c2[c-]c(-c3cccc(-c4ccccc4[PH](=O)c4ccccc4)n3)cc(-c3ccc(C(C)(C)C)cc3)c2)cc1.[Au]. The molecule has 0 bridgehead atoms. The van der Waals surface area contributed by atoms with Crippen LogP contribution in [-0.4, -0.2) is 4.98 Å². The Morgan fingerprint density at radius 3 is 1.85 bits per heavy atom. The number of aromatic nitrogens is 1. The minimum atomic E-state index is -2.21. The Hall–Kier alpha value is -3.78. The van der Waals surface area contributed by atoms with Crippen molar-refractivity contribution in [3.8, 4) is 44.8 Å². The van der Waals surface area contributed by atoms with Gasteiger partial charge in [0.05, 0.1) is 5.69 Å². The molecule has 1 aromatic heterocycles. The largest absolute Gasteiger partial charge is 0.317 e. The summed E-state index contributed by atoms with van der Waals surface area (Å²) in [5, 5.41) is 1.65. The molecule has 241 valence electrons. The molecular formula is C43H40AuNOP-2. The van der Waals surface area contributed by atoms with Crippen LogP contribution in [0.1, 0.15) is 52.7 Å². The fraction of sp³-hybridized carbons (Fsp3) is 0.186. The first kappa shape index (κ1) is 34.6. The molecule has 0 fully saturated rings. The summed E-state index contributed by atoms with van der Waals surface area (Å²) in [6, 6.07) is 50.5. The number of benzene rings is 5. The van der Waals surface area contributed by atoms with Gasteiger partial charge in [-0.1, -0.05) is 138 Å². The van der Waals surface area contributed by atoms with Crippen LogP contribution in [0.4, 0.5) is 0 Å². The van der Waals surface area contributed by atoms with E-state index in [4.69, 9.17) is 4.98 Å².